The van der Waals surface area contributed by atoms with E-state index in [0.29, 0.717) is 17.7 Å². The van der Waals surface area contributed by atoms with Crippen LogP contribution in [0.5, 0.6) is 5.75 Å². The van der Waals surface area contributed by atoms with Gasteiger partial charge in [-0.2, -0.15) is 0 Å². The number of hydrogen-bond donors (Lipinski definition) is 4. The van der Waals surface area contributed by atoms with Crippen molar-refractivity contribution >= 4 is 17.4 Å². The number of nitrogens with one attached hydrogen (secondary N) is 1. The first-order valence-corrected chi connectivity index (χ1v) is 6.24. The first-order valence-electron chi connectivity index (χ1n) is 6.24. The summed E-state index contributed by atoms with van der Waals surface area (Å²) in [5.74, 6) is -0.0332. The highest BCUT2D eigenvalue weighted by Crippen LogP contribution is 2.14. The van der Waals surface area contributed by atoms with Crippen molar-refractivity contribution in [3.8, 4) is 5.75 Å². The number of oxime groups is 1. The van der Waals surface area contributed by atoms with E-state index in [9.17, 15) is 9.90 Å². The summed E-state index contributed by atoms with van der Waals surface area (Å²) in [7, 11) is 0. The van der Waals surface area contributed by atoms with Gasteiger partial charge in [0.2, 0.25) is 0 Å². The lowest BCUT2D eigenvalue weighted by Gasteiger charge is -2.06. The van der Waals surface area contributed by atoms with Crippen molar-refractivity contribution in [2.45, 2.75) is 6.42 Å². The Bertz CT molecular complexity index is 649. The minimum absolute atomic E-state index is 0.110. The Morgan fingerprint density at radius 2 is 1.71 bits per heavy atom. The fourth-order valence-electron chi connectivity index (χ4n) is 1.77. The maximum Gasteiger partial charge on any atom is 0.255 e. The van der Waals surface area contributed by atoms with Crippen molar-refractivity contribution in [1.82, 2.24) is 0 Å². The van der Waals surface area contributed by atoms with Gasteiger partial charge in [-0.3, -0.25) is 4.79 Å². The van der Waals surface area contributed by atoms with Crippen LogP contribution in [0.15, 0.2) is 53.7 Å². The molecule has 0 fully saturated rings. The molecule has 2 rings (SSSR count). The van der Waals surface area contributed by atoms with Crippen LogP contribution < -0.4 is 11.1 Å². The molecule has 0 saturated heterocycles. The molecule has 6 heteroatoms. The SMILES string of the molecule is NC(Cc1ccc(NC(=O)c2ccc(O)cc2)cc1)=NO. The lowest BCUT2D eigenvalue weighted by molar-refractivity contribution is 0.102. The summed E-state index contributed by atoms with van der Waals surface area (Å²) in [6, 6.07) is 13.0. The third-order valence-corrected chi connectivity index (χ3v) is 2.85. The van der Waals surface area contributed by atoms with Gasteiger partial charge in [-0.15, -0.1) is 0 Å². The quantitative estimate of drug-likeness (QED) is 0.298. The van der Waals surface area contributed by atoms with E-state index >= 15 is 0 Å². The van der Waals surface area contributed by atoms with E-state index in [1.54, 1.807) is 24.3 Å². The predicted octanol–water partition coefficient (Wildman–Crippen LogP) is 1.93. The number of benzene rings is 2. The highest BCUT2D eigenvalue weighted by molar-refractivity contribution is 6.04. The van der Waals surface area contributed by atoms with Gasteiger partial charge < -0.3 is 21.4 Å². The van der Waals surface area contributed by atoms with Gasteiger partial charge in [-0.1, -0.05) is 17.3 Å². The molecular weight excluding hydrogens is 270 g/mol. The fraction of sp³-hybridized carbons (Fsp3) is 0.0667. The molecule has 0 aliphatic rings. The zero-order valence-electron chi connectivity index (χ0n) is 11.2. The van der Waals surface area contributed by atoms with E-state index in [1.807, 2.05) is 0 Å². The van der Waals surface area contributed by atoms with Crippen LogP contribution in [0.1, 0.15) is 15.9 Å². The van der Waals surface area contributed by atoms with Crippen molar-refractivity contribution in [3.05, 3.63) is 59.7 Å². The maximum absolute atomic E-state index is 12.0. The van der Waals surface area contributed by atoms with Crippen molar-refractivity contribution in [2.75, 3.05) is 5.32 Å². The molecule has 6 nitrogen and oxygen atoms in total. The molecule has 2 aromatic carbocycles. The predicted molar refractivity (Wildman–Crippen MR) is 79.6 cm³/mol. The number of amides is 1. The highest BCUT2D eigenvalue weighted by atomic mass is 16.4. The minimum atomic E-state index is -0.265. The third-order valence-electron chi connectivity index (χ3n) is 2.85. The maximum atomic E-state index is 12.0. The standard InChI is InChI=1S/C15H15N3O3/c16-14(18-21)9-10-1-5-12(6-2-10)17-15(20)11-3-7-13(19)8-4-11/h1-8,19,21H,9H2,(H2,16,18)(H,17,20). The number of rotatable bonds is 4. The van der Waals surface area contributed by atoms with Gasteiger partial charge >= 0.3 is 0 Å². The van der Waals surface area contributed by atoms with Crippen molar-refractivity contribution in [1.29, 1.82) is 0 Å². The smallest absolute Gasteiger partial charge is 0.255 e. The molecule has 1 amide bonds. The molecular formula is C15H15N3O3. The highest BCUT2D eigenvalue weighted by Gasteiger charge is 2.06. The van der Waals surface area contributed by atoms with Gasteiger partial charge in [0.15, 0.2) is 0 Å². The van der Waals surface area contributed by atoms with Crippen LogP contribution in [-0.4, -0.2) is 22.1 Å². The second-order valence-corrected chi connectivity index (χ2v) is 4.47. The second kappa shape index (κ2) is 6.42. The summed E-state index contributed by atoms with van der Waals surface area (Å²) in [6.45, 7) is 0. The molecule has 0 radical (unpaired) electrons. The summed E-state index contributed by atoms with van der Waals surface area (Å²) in [6.07, 6.45) is 0.336. The molecule has 0 spiro atoms. The number of nitrogens with two attached hydrogens (primary N) is 1. The third kappa shape index (κ3) is 3.97. The molecule has 0 aliphatic heterocycles. The second-order valence-electron chi connectivity index (χ2n) is 4.47. The normalized spacial score (nSPS) is 11.1. The molecule has 21 heavy (non-hydrogen) atoms. The Labute approximate surface area is 121 Å². The lowest BCUT2D eigenvalue weighted by Crippen LogP contribution is -2.15. The molecule has 0 saturated carbocycles. The molecule has 0 aliphatic carbocycles. The topological polar surface area (TPSA) is 108 Å². The van der Waals surface area contributed by atoms with Crippen LogP contribution in [0.2, 0.25) is 0 Å². The average Bonchev–Trinajstić information content (AvgIpc) is 2.49. The molecule has 0 heterocycles. The number of hydrogen-bond acceptors (Lipinski definition) is 4. The van der Waals surface area contributed by atoms with E-state index in [1.165, 1.54) is 24.3 Å². The Hall–Kier alpha value is -3.02. The summed E-state index contributed by atoms with van der Waals surface area (Å²) < 4.78 is 0. The van der Waals surface area contributed by atoms with E-state index in [-0.39, 0.29) is 17.5 Å². The summed E-state index contributed by atoms with van der Waals surface area (Å²) in [5.41, 5.74) is 7.38. The summed E-state index contributed by atoms with van der Waals surface area (Å²) in [4.78, 5) is 12.0. The average molecular weight is 285 g/mol. The molecule has 0 atom stereocenters. The Kier molecular flexibility index (Phi) is 4.40. The van der Waals surface area contributed by atoms with Gasteiger partial charge in [-0.25, -0.2) is 0 Å². The van der Waals surface area contributed by atoms with E-state index in [4.69, 9.17) is 10.9 Å². The monoisotopic (exact) mass is 285 g/mol. The first kappa shape index (κ1) is 14.4. The number of nitrogens with zero attached hydrogens (tertiary/aromatic N) is 1. The lowest BCUT2D eigenvalue weighted by atomic mass is 10.1. The Balaban J connectivity index is 2.03. The molecule has 5 N–H and O–H groups in total. The molecule has 0 aromatic heterocycles. The number of aromatic hydroxyl groups is 1. The van der Waals surface area contributed by atoms with Gasteiger partial charge in [0.25, 0.3) is 5.91 Å². The molecule has 108 valence electrons. The Morgan fingerprint density at radius 3 is 2.29 bits per heavy atom. The summed E-state index contributed by atoms with van der Waals surface area (Å²) in [5, 5.41) is 23.3. The van der Waals surface area contributed by atoms with Crippen molar-refractivity contribution < 1.29 is 15.1 Å². The number of amidine groups is 1. The zero-order chi connectivity index (χ0) is 15.2. The minimum Gasteiger partial charge on any atom is -0.508 e. The first-order chi connectivity index (χ1) is 10.1. The van der Waals surface area contributed by atoms with Crippen LogP contribution in [0, 0.1) is 0 Å². The van der Waals surface area contributed by atoms with E-state index < -0.39 is 0 Å². The summed E-state index contributed by atoms with van der Waals surface area (Å²) >= 11 is 0. The van der Waals surface area contributed by atoms with E-state index in [2.05, 4.69) is 10.5 Å². The van der Waals surface area contributed by atoms with Gasteiger partial charge in [0.05, 0.1) is 0 Å². The number of phenols is 1. The molecule has 0 bridgehead atoms. The number of phenolic OH excluding ortho intramolecular Hbond substituents is 1. The molecule has 2 aromatic rings. The molecule has 0 unspecified atom stereocenters. The van der Waals surface area contributed by atoms with Crippen LogP contribution in [0.25, 0.3) is 0 Å². The van der Waals surface area contributed by atoms with E-state index in [0.717, 1.165) is 5.56 Å². The largest absolute Gasteiger partial charge is 0.508 e. The fourth-order valence-corrected chi connectivity index (χ4v) is 1.77. The van der Waals surface area contributed by atoms with Gasteiger partial charge in [0.1, 0.15) is 11.6 Å². The number of carbonyl (C=O) groups excluding carboxylic acids is 1. The number of anilines is 1. The van der Waals surface area contributed by atoms with Crippen LogP contribution in [0.3, 0.4) is 0 Å². The Morgan fingerprint density at radius 1 is 1.10 bits per heavy atom. The van der Waals surface area contributed by atoms with Crippen LogP contribution in [0.4, 0.5) is 5.69 Å². The van der Waals surface area contributed by atoms with Crippen LogP contribution >= 0.6 is 0 Å². The van der Waals surface area contributed by atoms with Crippen molar-refractivity contribution in [2.24, 2.45) is 10.9 Å². The zero-order valence-corrected chi connectivity index (χ0v) is 11.2. The van der Waals surface area contributed by atoms with Gasteiger partial charge in [0, 0.05) is 17.7 Å². The number of carbonyl (C=O) groups is 1. The van der Waals surface area contributed by atoms with Crippen LogP contribution in [-0.2, 0) is 6.42 Å². The van der Waals surface area contributed by atoms with Crippen molar-refractivity contribution in [3.63, 3.8) is 0 Å². The van der Waals surface area contributed by atoms with Gasteiger partial charge in [-0.05, 0) is 42.0 Å².